The van der Waals surface area contributed by atoms with Gasteiger partial charge in [0.05, 0.1) is 16.6 Å². The summed E-state index contributed by atoms with van der Waals surface area (Å²) in [5, 5.41) is -1.42. The molecule has 0 unspecified atom stereocenters. The summed E-state index contributed by atoms with van der Waals surface area (Å²) in [6, 6.07) is 0. The number of amides is 1. The molecular formula is C19H25N3O8S. The highest BCUT2D eigenvalue weighted by Crippen LogP contribution is 2.46. The molecule has 12 heteroatoms. The third kappa shape index (κ3) is 4.51. The van der Waals surface area contributed by atoms with Crippen molar-refractivity contribution in [2.24, 2.45) is 11.3 Å². The Labute approximate surface area is 182 Å². The van der Waals surface area contributed by atoms with Crippen LogP contribution in [-0.2, 0) is 44.6 Å². The first-order valence-corrected chi connectivity index (χ1v) is 10.6. The fourth-order valence-corrected chi connectivity index (χ4v) is 5.13. The van der Waals surface area contributed by atoms with Crippen molar-refractivity contribution in [3.8, 4) is 0 Å². The fourth-order valence-electron chi connectivity index (χ4n) is 3.33. The molecule has 2 aliphatic rings. The predicted octanol–water partition coefficient (Wildman–Crippen LogP) is 0.867. The van der Waals surface area contributed by atoms with Gasteiger partial charge in [0.1, 0.15) is 22.8 Å². The summed E-state index contributed by atoms with van der Waals surface area (Å²) < 4.78 is 28.0. The molecule has 0 aromatic rings. The van der Waals surface area contributed by atoms with Crippen molar-refractivity contribution in [2.45, 2.75) is 59.4 Å². The van der Waals surface area contributed by atoms with E-state index in [-0.39, 0.29) is 16.3 Å². The number of β-lactam (4-membered cyclic amide) rings is 1. The van der Waals surface area contributed by atoms with Gasteiger partial charge in [0.25, 0.3) is 0 Å². The van der Waals surface area contributed by atoms with E-state index in [4.69, 9.17) is 14.2 Å². The van der Waals surface area contributed by atoms with Crippen LogP contribution in [0.5, 0.6) is 0 Å². The normalized spacial score (nSPS) is 23.5. The van der Waals surface area contributed by atoms with Crippen LogP contribution in [0.3, 0.4) is 0 Å². The van der Waals surface area contributed by atoms with Gasteiger partial charge in [-0.1, -0.05) is 0 Å². The lowest BCUT2D eigenvalue weighted by atomic mass is 9.81. The molecule has 0 spiro atoms. The van der Waals surface area contributed by atoms with Gasteiger partial charge in [0.15, 0.2) is 0 Å². The second-order valence-corrected chi connectivity index (χ2v) is 10.1. The van der Waals surface area contributed by atoms with Crippen molar-refractivity contribution in [1.29, 1.82) is 0 Å². The Morgan fingerprint density at radius 1 is 1.19 bits per heavy atom. The Balaban J connectivity index is 2.32. The first kappa shape index (κ1) is 24.6. The molecule has 1 amide bonds. The Morgan fingerprint density at radius 2 is 1.77 bits per heavy atom. The van der Waals surface area contributed by atoms with Crippen LogP contribution in [0.4, 0.5) is 0 Å². The van der Waals surface area contributed by atoms with Crippen LogP contribution in [0.1, 0.15) is 48.5 Å². The molecule has 3 atom stereocenters. The zero-order valence-corrected chi connectivity index (χ0v) is 19.2. The predicted molar refractivity (Wildman–Crippen MR) is 106 cm³/mol. The number of fused-ring (bicyclic) bond motifs is 1. The average Bonchev–Trinajstić information content (AvgIpc) is 2.60. The van der Waals surface area contributed by atoms with E-state index >= 15 is 0 Å². The van der Waals surface area contributed by atoms with Gasteiger partial charge in [-0.2, -0.15) is 0 Å². The van der Waals surface area contributed by atoms with Crippen molar-refractivity contribution in [1.82, 2.24) is 4.90 Å². The number of ether oxygens (including phenoxy) is 3. The molecular weight excluding hydrogens is 430 g/mol. The molecule has 1 saturated heterocycles. The van der Waals surface area contributed by atoms with E-state index in [1.165, 1.54) is 27.7 Å². The topological polar surface area (TPSA) is 159 Å². The molecule has 2 heterocycles. The largest absolute Gasteiger partial charge is 0.604 e. The van der Waals surface area contributed by atoms with E-state index in [9.17, 15) is 29.3 Å². The van der Waals surface area contributed by atoms with Gasteiger partial charge in [-0.15, -0.1) is 4.79 Å². The second-order valence-electron chi connectivity index (χ2n) is 8.68. The van der Waals surface area contributed by atoms with Crippen molar-refractivity contribution < 1.29 is 42.7 Å². The zero-order chi connectivity index (χ0) is 23.9. The molecule has 0 aromatic carbocycles. The molecule has 170 valence electrons. The minimum absolute atomic E-state index is 0.0266. The maximum absolute atomic E-state index is 12.9. The number of carbonyl (C=O) groups excluding carboxylic acids is 4. The Bertz CT molecular complexity index is 914. The Morgan fingerprint density at radius 3 is 2.26 bits per heavy atom. The summed E-state index contributed by atoms with van der Waals surface area (Å²) >= 11 is -2.01. The van der Waals surface area contributed by atoms with Gasteiger partial charge in [0.2, 0.25) is 18.1 Å². The number of hydrogen-bond acceptors (Lipinski definition) is 8. The Kier molecular flexibility index (Phi) is 6.70. The SMILES string of the molecule is CC(=O)OC(C)(C)[C@H]1C(=O)N2C(C(=O)OCOC(=O)C(C)(C)C)=C(C)C(=[N+]=[N-])[S@+]([O-])[C@@H]12. The number of nitrogens with zero attached hydrogens (tertiary/aromatic N) is 3. The first-order chi connectivity index (χ1) is 14.1. The van der Waals surface area contributed by atoms with Crippen LogP contribution >= 0.6 is 0 Å². The Hall–Kier alpha value is -2.69. The van der Waals surface area contributed by atoms with Gasteiger partial charge in [-0.25, -0.2) is 4.79 Å². The van der Waals surface area contributed by atoms with Gasteiger partial charge in [0, 0.05) is 6.92 Å². The summed E-state index contributed by atoms with van der Waals surface area (Å²) in [5.41, 5.74) is 6.89. The van der Waals surface area contributed by atoms with Crippen LogP contribution in [0.2, 0.25) is 0 Å². The molecule has 0 radical (unpaired) electrons. The maximum Gasteiger partial charge on any atom is 0.490 e. The molecule has 11 nitrogen and oxygen atoms in total. The third-order valence-corrected chi connectivity index (χ3v) is 6.49. The smallest absolute Gasteiger partial charge is 0.490 e. The molecule has 0 N–H and O–H groups in total. The molecule has 0 bridgehead atoms. The third-order valence-electron chi connectivity index (χ3n) is 4.80. The summed E-state index contributed by atoms with van der Waals surface area (Å²) in [6.07, 6.45) is 0. The highest BCUT2D eigenvalue weighted by Gasteiger charge is 2.69. The van der Waals surface area contributed by atoms with Gasteiger partial charge < -0.3 is 24.3 Å². The highest BCUT2D eigenvalue weighted by molar-refractivity contribution is 8.07. The summed E-state index contributed by atoms with van der Waals surface area (Å²) in [7, 11) is 0. The molecule has 0 aliphatic carbocycles. The minimum atomic E-state index is -2.01. The van der Waals surface area contributed by atoms with Gasteiger partial charge in [-0.3, -0.25) is 19.3 Å². The van der Waals surface area contributed by atoms with E-state index in [2.05, 4.69) is 4.79 Å². The molecule has 0 aromatic heterocycles. The van der Waals surface area contributed by atoms with E-state index in [1.54, 1.807) is 20.8 Å². The molecule has 31 heavy (non-hydrogen) atoms. The lowest BCUT2D eigenvalue weighted by Crippen LogP contribution is -2.73. The monoisotopic (exact) mass is 455 g/mol. The fraction of sp³-hybridized carbons (Fsp3) is 0.632. The number of carbonyl (C=O) groups is 4. The van der Waals surface area contributed by atoms with Crippen LogP contribution in [0.15, 0.2) is 11.3 Å². The first-order valence-electron chi connectivity index (χ1n) is 9.36. The molecule has 1 fully saturated rings. The van der Waals surface area contributed by atoms with Crippen molar-refractivity contribution in [3.63, 3.8) is 0 Å². The number of rotatable bonds is 5. The number of hydrogen-bond donors (Lipinski definition) is 0. The van der Waals surface area contributed by atoms with E-state index in [0.29, 0.717) is 0 Å². The van der Waals surface area contributed by atoms with E-state index < -0.39 is 64.1 Å². The van der Waals surface area contributed by atoms with Gasteiger partial charge in [-0.05, 0) is 41.5 Å². The van der Waals surface area contributed by atoms with Gasteiger partial charge >= 0.3 is 23.0 Å². The number of esters is 3. The second kappa shape index (κ2) is 8.45. The summed E-state index contributed by atoms with van der Waals surface area (Å²) in [6.45, 7) is 9.66. The van der Waals surface area contributed by atoms with Crippen LogP contribution in [0.25, 0.3) is 5.53 Å². The standard InChI is InChI=1S/C19H25N3O8S/c1-9-12(16(25)28-8-29-17(26)18(3,4)5)22-14(24)11(19(6,7)30-10(2)23)15(22)31(27)13(9)21-20/h11,15H,8H2,1-7H3/t11-,15-,31-/m0/s1. The maximum atomic E-state index is 12.9. The van der Waals surface area contributed by atoms with E-state index in [0.717, 1.165) is 4.90 Å². The zero-order valence-electron chi connectivity index (χ0n) is 18.4. The molecule has 2 rings (SSSR count). The molecule has 0 saturated carbocycles. The van der Waals surface area contributed by atoms with Crippen LogP contribution < -0.4 is 0 Å². The summed E-state index contributed by atoms with van der Waals surface area (Å²) in [4.78, 5) is 52.9. The quantitative estimate of drug-likeness (QED) is 0.147. The lowest BCUT2D eigenvalue weighted by molar-refractivity contribution is -0.183. The lowest BCUT2D eigenvalue weighted by Gasteiger charge is -2.51. The van der Waals surface area contributed by atoms with Crippen molar-refractivity contribution in [3.05, 3.63) is 16.8 Å². The van der Waals surface area contributed by atoms with Crippen LogP contribution in [0, 0.1) is 11.3 Å². The van der Waals surface area contributed by atoms with E-state index in [1.807, 2.05) is 0 Å². The average molecular weight is 455 g/mol. The highest BCUT2D eigenvalue weighted by atomic mass is 32.2. The summed E-state index contributed by atoms with van der Waals surface area (Å²) in [5.74, 6) is -3.93. The molecule has 2 aliphatic heterocycles. The minimum Gasteiger partial charge on any atom is -0.604 e. The van der Waals surface area contributed by atoms with Crippen LogP contribution in [-0.4, -0.2) is 60.9 Å². The van der Waals surface area contributed by atoms with Crippen molar-refractivity contribution in [2.75, 3.05) is 6.79 Å². The van der Waals surface area contributed by atoms with Crippen molar-refractivity contribution >= 4 is 40.0 Å².